The summed E-state index contributed by atoms with van der Waals surface area (Å²) in [5, 5.41) is 0.774. The Kier molecular flexibility index (Phi) is 6.69. The van der Waals surface area contributed by atoms with Gasteiger partial charge in [0.05, 0.1) is 11.5 Å². The molecule has 184 valence electrons. The third-order valence-electron chi connectivity index (χ3n) is 6.30. The highest BCUT2D eigenvalue weighted by Gasteiger charge is 2.32. The van der Waals surface area contributed by atoms with E-state index in [9.17, 15) is 27.6 Å². The number of carbonyl (C=O) groups is 2. The molecule has 6 nitrogen and oxygen atoms in total. The van der Waals surface area contributed by atoms with Gasteiger partial charge in [0.2, 0.25) is 0 Å². The number of nitrogens with zero attached hydrogens (tertiary/aromatic N) is 1. The lowest BCUT2D eigenvalue weighted by molar-refractivity contribution is -0.140. The first-order valence-corrected chi connectivity index (χ1v) is 11.3. The highest BCUT2D eigenvalue weighted by atomic mass is 19.4. The average molecular weight is 487 g/mol. The van der Waals surface area contributed by atoms with Gasteiger partial charge in [0.15, 0.2) is 0 Å². The van der Waals surface area contributed by atoms with E-state index in [0.717, 1.165) is 40.8 Å². The molecule has 9 heteroatoms. The van der Waals surface area contributed by atoms with E-state index < -0.39 is 29.3 Å². The number of hydrogen-bond donors (Lipinski definition) is 0. The molecule has 0 radical (unpaired) electrons. The van der Waals surface area contributed by atoms with Gasteiger partial charge in [-0.15, -0.1) is 0 Å². The third kappa shape index (κ3) is 5.23. The van der Waals surface area contributed by atoms with E-state index in [1.807, 2.05) is 19.9 Å². The van der Waals surface area contributed by atoms with Gasteiger partial charge in [-0.25, -0.2) is 4.79 Å². The molecule has 1 saturated heterocycles. The summed E-state index contributed by atoms with van der Waals surface area (Å²) in [4.78, 5) is 38.8. The van der Waals surface area contributed by atoms with E-state index in [1.54, 1.807) is 6.07 Å². The normalized spacial score (nSPS) is 14.8. The molecule has 2 heterocycles. The van der Waals surface area contributed by atoms with Crippen LogP contribution >= 0.6 is 0 Å². The van der Waals surface area contributed by atoms with Crippen LogP contribution in [0, 0.1) is 12.8 Å². The van der Waals surface area contributed by atoms with Crippen molar-refractivity contribution in [3.05, 3.63) is 75.1 Å². The van der Waals surface area contributed by atoms with Crippen molar-refractivity contribution in [1.82, 2.24) is 4.90 Å². The fourth-order valence-corrected chi connectivity index (χ4v) is 4.26. The summed E-state index contributed by atoms with van der Waals surface area (Å²) in [6, 6.07) is 8.92. The van der Waals surface area contributed by atoms with Crippen LogP contribution in [0.5, 0.6) is 5.75 Å². The lowest BCUT2D eigenvalue weighted by Crippen LogP contribution is -2.41. The first-order valence-electron chi connectivity index (χ1n) is 11.3. The highest BCUT2D eigenvalue weighted by Crippen LogP contribution is 2.31. The maximum Gasteiger partial charge on any atom is 0.416 e. The molecule has 0 spiro atoms. The predicted molar refractivity (Wildman–Crippen MR) is 122 cm³/mol. The molecule has 35 heavy (non-hydrogen) atoms. The molecule has 1 aliphatic heterocycles. The topological polar surface area (TPSA) is 76.8 Å². The first-order chi connectivity index (χ1) is 16.6. The fourth-order valence-electron chi connectivity index (χ4n) is 4.26. The van der Waals surface area contributed by atoms with Crippen molar-refractivity contribution in [2.45, 2.75) is 39.3 Å². The van der Waals surface area contributed by atoms with Crippen molar-refractivity contribution in [1.29, 1.82) is 0 Å². The van der Waals surface area contributed by atoms with E-state index in [-0.39, 0.29) is 24.6 Å². The van der Waals surface area contributed by atoms with E-state index >= 15 is 0 Å². The number of piperidine rings is 1. The number of alkyl halides is 3. The molecular weight excluding hydrogens is 463 g/mol. The van der Waals surface area contributed by atoms with Crippen LogP contribution in [0.1, 0.15) is 46.8 Å². The molecule has 4 rings (SSSR count). The SMILES string of the molecule is CCc1cc2c(C)cc(=O)oc2cc1OC(=O)C1CCN(C(=O)c2ccc(C(F)(F)F)cc2)CC1. The van der Waals surface area contributed by atoms with Gasteiger partial charge in [-0.3, -0.25) is 9.59 Å². The second-order valence-corrected chi connectivity index (χ2v) is 8.62. The molecule has 0 unspecified atom stereocenters. The van der Waals surface area contributed by atoms with Gasteiger partial charge in [0.25, 0.3) is 5.91 Å². The number of likely N-dealkylation sites (tertiary alicyclic amines) is 1. The van der Waals surface area contributed by atoms with Crippen LogP contribution in [0.4, 0.5) is 13.2 Å². The summed E-state index contributed by atoms with van der Waals surface area (Å²) in [5.74, 6) is -0.909. The molecule has 0 atom stereocenters. The summed E-state index contributed by atoms with van der Waals surface area (Å²) < 4.78 is 49.2. The highest BCUT2D eigenvalue weighted by molar-refractivity contribution is 5.94. The Bertz CT molecular complexity index is 1320. The Morgan fingerprint density at radius 1 is 1.09 bits per heavy atom. The Morgan fingerprint density at radius 3 is 2.34 bits per heavy atom. The van der Waals surface area contributed by atoms with Crippen LogP contribution < -0.4 is 10.4 Å². The Balaban J connectivity index is 1.42. The Hall–Kier alpha value is -3.62. The molecule has 0 bridgehead atoms. The molecule has 1 aliphatic rings. The molecule has 0 saturated carbocycles. The first kappa shape index (κ1) is 24.5. The van der Waals surface area contributed by atoms with Gasteiger partial charge < -0.3 is 14.1 Å². The molecule has 1 amide bonds. The van der Waals surface area contributed by atoms with Crippen LogP contribution in [-0.2, 0) is 17.4 Å². The van der Waals surface area contributed by atoms with E-state index in [4.69, 9.17) is 9.15 Å². The molecule has 1 fully saturated rings. The van der Waals surface area contributed by atoms with Crippen molar-refractivity contribution >= 4 is 22.8 Å². The number of aryl methyl sites for hydroxylation is 2. The number of halogens is 3. The largest absolute Gasteiger partial charge is 0.426 e. The lowest BCUT2D eigenvalue weighted by Gasteiger charge is -2.31. The monoisotopic (exact) mass is 487 g/mol. The average Bonchev–Trinajstić information content (AvgIpc) is 2.82. The molecule has 1 aromatic heterocycles. The van der Waals surface area contributed by atoms with Gasteiger partial charge in [-0.05, 0) is 67.6 Å². The second-order valence-electron chi connectivity index (χ2n) is 8.62. The number of ether oxygens (including phenoxy) is 1. The van der Waals surface area contributed by atoms with Gasteiger partial charge in [0, 0.05) is 36.2 Å². The summed E-state index contributed by atoms with van der Waals surface area (Å²) in [6.07, 6.45) is -3.12. The van der Waals surface area contributed by atoms with Crippen LogP contribution in [-0.4, -0.2) is 29.9 Å². The minimum Gasteiger partial charge on any atom is -0.426 e. The third-order valence-corrected chi connectivity index (χ3v) is 6.30. The van der Waals surface area contributed by atoms with E-state index in [2.05, 4.69) is 0 Å². The molecular formula is C26H24F3NO5. The minimum atomic E-state index is -4.47. The van der Waals surface area contributed by atoms with Crippen molar-refractivity contribution in [3.63, 3.8) is 0 Å². The Labute approximate surface area is 199 Å². The van der Waals surface area contributed by atoms with Crippen molar-refractivity contribution in [3.8, 4) is 5.75 Å². The van der Waals surface area contributed by atoms with Crippen LogP contribution in [0.2, 0.25) is 0 Å². The van der Waals surface area contributed by atoms with E-state index in [0.29, 0.717) is 30.6 Å². The van der Waals surface area contributed by atoms with Crippen molar-refractivity contribution in [2.24, 2.45) is 5.92 Å². The summed E-state index contributed by atoms with van der Waals surface area (Å²) in [7, 11) is 0. The predicted octanol–water partition coefficient (Wildman–Crippen LogP) is 5.14. The van der Waals surface area contributed by atoms with Crippen molar-refractivity contribution in [2.75, 3.05) is 13.1 Å². The van der Waals surface area contributed by atoms with Crippen LogP contribution in [0.3, 0.4) is 0 Å². The number of esters is 1. The summed E-state index contributed by atoms with van der Waals surface area (Å²) in [6.45, 7) is 4.31. The van der Waals surface area contributed by atoms with E-state index in [1.165, 1.54) is 11.0 Å². The van der Waals surface area contributed by atoms with Gasteiger partial charge in [-0.1, -0.05) is 6.92 Å². The molecule has 2 aromatic carbocycles. The number of fused-ring (bicyclic) bond motifs is 1. The number of amides is 1. The molecule has 3 aromatic rings. The van der Waals surface area contributed by atoms with Gasteiger partial charge in [0.1, 0.15) is 11.3 Å². The maximum absolute atomic E-state index is 12.9. The zero-order valence-corrected chi connectivity index (χ0v) is 19.3. The number of rotatable bonds is 4. The van der Waals surface area contributed by atoms with Crippen molar-refractivity contribution < 1.29 is 31.9 Å². The standard InChI is InChI=1S/C26H24F3NO5/c1-3-16-13-20-15(2)12-23(31)34-22(20)14-21(16)35-25(33)18-8-10-30(11-9-18)24(32)17-4-6-19(7-5-17)26(27,28)29/h4-7,12-14,18H,3,8-11H2,1-2H3. The zero-order valence-electron chi connectivity index (χ0n) is 19.3. The summed E-state index contributed by atoms with van der Waals surface area (Å²) >= 11 is 0. The number of benzene rings is 2. The smallest absolute Gasteiger partial charge is 0.416 e. The quantitative estimate of drug-likeness (QED) is 0.289. The number of carbonyl (C=O) groups excluding carboxylic acids is 2. The molecule has 0 N–H and O–H groups in total. The number of hydrogen-bond acceptors (Lipinski definition) is 5. The Morgan fingerprint density at radius 2 is 1.74 bits per heavy atom. The van der Waals surface area contributed by atoms with Gasteiger partial charge >= 0.3 is 17.8 Å². The zero-order chi connectivity index (χ0) is 25.3. The van der Waals surface area contributed by atoms with Crippen LogP contribution in [0.15, 0.2) is 51.7 Å². The second kappa shape index (κ2) is 9.56. The van der Waals surface area contributed by atoms with Gasteiger partial charge in [-0.2, -0.15) is 13.2 Å². The molecule has 0 aliphatic carbocycles. The minimum absolute atomic E-state index is 0.166. The maximum atomic E-state index is 12.9. The fraction of sp³-hybridized carbons (Fsp3) is 0.346. The lowest BCUT2D eigenvalue weighted by atomic mass is 9.96. The van der Waals surface area contributed by atoms with Crippen LogP contribution in [0.25, 0.3) is 11.0 Å². The summed E-state index contributed by atoms with van der Waals surface area (Å²) in [5.41, 5.74) is 0.782.